The molecule has 0 spiro atoms. The predicted molar refractivity (Wildman–Crippen MR) is 151 cm³/mol. The minimum atomic E-state index is -0.298. The van der Waals surface area contributed by atoms with Gasteiger partial charge >= 0.3 is 6.03 Å². The number of urea groups is 1. The molecule has 1 saturated carbocycles. The van der Waals surface area contributed by atoms with Gasteiger partial charge in [-0.1, -0.05) is 25.3 Å². The van der Waals surface area contributed by atoms with E-state index in [1.165, 1.54) is 49.0 Å². The Morgan fingerprint density at radius 3 is 2.53 bits per heavy atom. The molecule has 2 saturated heterocycles. The van der Waals surface area contributed by atoms with Gasteiger partial charge in [0.05, 0.1) is 18.8 Å². The van der Waals surface area contributed by atoms with Crippen molar-refractivity contribution in [2.75, 3.05) is 57.7 Å². The minimum absolute atomic E-state index is 0.220. The third-order valence-corrected chi connectivity index (χ3v) is 8.59. The number of hydrogen-bond acceptors (Lipinski definition) is 7. The molecule has 206 valence electrons. The van der Waals surface area contributed by atoms with E-state index in [2.05, 4.69) is 33.8 Å². The van der Waals surface area contributed by atoms with Gasteiger partial charge in [-0.05, 0) is 56.2 Å². The van der Waals surface area contributed by atoms with Crippen LogP contribution >= 0.6 is 11.3 Å². The molecule has 3 heterocycles. The molecular weight excluding hydrogens is 500 g/mol. The van der Waals surface area contributed by atoms with E-state index in [-0.39, 0.29) is 11.9 Å². The number of carbonyl (C=O) groups is 2. The van der Waals surface area contributed by atoms with Crippen LogP contribution in [0.2, 0.25) is 0 Å². The maximum Gasteiger partial charge on any atom is 0.335 e. The van der Waals surface area contributed by atoms with Crippen LogP contribution in [0.15, 0.2) is 23.6 Å². The Hall–Kier alpha value is -2.69. The molecule has 2 N–H and O–H groups in total. The zero-order valence-electron chi connectivity index (χ0n) is 22.4. The van der Waals surface area contributed by atoms with Crippen molar-refractivity contribution in [1.82, 2.24) is 25.2 Å². The fourth-order valence-corrected chi connectivity index (χ4v) is 6.42. The maximum absolute atomic E-state index is 12.7. The fourth-order valence-electron chi connectivity index (χ4n) is 5.72. The lowest BCUT2D eigenvalue weighted by Gasteiger charge is -2.34. The number of carbonyl (C=O) groups excluding carboxylic acids is 2. The Kier molecular flexibility index (Phi) is 9.14. The molecule has 0 bridgehead atoms. The smallest absolute Gasteiger partial charge is 0.335 e. The molecule has 1 aromatic carbocycles. The third-order valence-electron chi connectivity index (χ3n) is 7.83. The first-order valence-electron chi connectivity index (χ1n) is 14.1. The number of hydrazine groups is 1. The number of anilines is 1. The van der Waals surface area contributed by atoms with E-state index in [1.54, 1.807) is 0 Å². The van der Waals surface area contributed by atoms with Gasteiger partial charge in [-0.15, -0.1) is 11.3 Å². The van der Waals surface area contributed by atoms with Gasteiger partial charge in [0.25, 0.3) is 0 Å². The number of hydrogen-bond donors (Lipinski definition) is 2. The summed E-state index contributed by atoms with van der Waals surface area (Å²) < 4.78 is 5.92. The lowest BCUT2D eigenvalue weighted by atomic mass is 9.83. The normalized spacial score (nSPS) is 19.4. The summed E-state index contributed by atoms with van der Waals surface area (Å²) in [4.78, 5) is 34.0. The SMILES string of the molecule is CCOc1ccc(C2CCCCC2)cc1-c1csc(NC(=O)NN2CCN(CC(=O)N3CCCC3)CC2)n1. The van der Waals surface area contributed by atoms with Crippen molar-refractivity contribution in [3.63, 3.8) is 0 Å². The molecule has 38 heavy (non-hydrogen) atoms. The molecule has 5 rings (SSSR count). The fraction of sp³-hybridized carbons (Fsp3) is 0.607. The average molecular weight is 541 g/mol. The highest BCUT2D eigenvalue weighted by atomic mass is 32.1. The van der Waals surface area contributed by atoms with Crippen LogP contribution in [0.25, 0.3) is 11.3 Å². The van der Waals surface area contributed by atoms with Crippen molar-refractivity contribution in [1.29, 1.82) is 0 Å². The summed E-state index contributed by atoms with van der Waals surface area (Å²) in [7, 11) is 0. The Labute approximate surface area is 229 Å². The van der Waals surface area contributed by atoms with Crippen molar-refractivity contribution >= 4 is 28.4 Å². The van der Waals surface area contributed by atoms with Gasteiger partial charge in [-0.2, -0.15) is 0 Å². The molecule has 0 atom stereocenters. The highest BCUT2D eigenvalue weighted by molar-refractivity contribution is 7.14. The van der Waals surface area contributed by atoms with Gasteiger partial charge in [-0.25, -0.2) is 14.8 Å². The van der Waals surface area contributed by atoms with Crippen LogP contribution in [0.5, 0.6) is 5.75 Å². The summed E-state index contributed by atoms with van der Waals surface area (Å²) >= 11 is 1.41. The van der Waals surface area contributed by atoms with Crippen LogP contribution in [0, 0.1) is 0 Å². The van der Waals surface area contributed by atoms with Crippen molar-refractivity contribution in [2.45, 2.75) is 57.8 Å². The number of rotatable bonds is 8. The van der Waals surface area contributed by atoms with E-state index < -0.39 is 0 Å². The van der Waals surface area contributed by atoms with Crippen molar-refractivity contribution in [2.24, 2.45) is 0 Å². The van der Waals surface area contributed by atoms with E-state index in [4.69, 9.17) is 9.72 Å². The first-order valence-corrected chi connectivity index (χ1v) is 15.0. The van der Waals surface area contributed by atoms with Gasteiger partial charge in [0, 0.05) is 50.2 Å². The van der Waals surface area contributed by atoms with E-state index in [1.807, 2.05) is 22.2 Å². The molecule has 3 amide bonds. The Balaban J connectivity index is 1.14. The second-order valence-corrected chi connectivity index (χ2v) is 11.3. The molecular formula is C28H40N6O3S. The summed E-state index contributed by atoms with van der Waals surface area (Å²) in [6.45, 7) is 7.67. The number of ether oxygens (including phenoxy) is 1. The number of thiazole rings is 1. The molecule has 2 aliphatic heterocycles. The molecule has 2 aromatic rings. The highest BCUT2D eigenvalue weighted by Gasteiger charge is 2.24. The van der Waals surface area contributed by atoms with Crippen LogP contribution in [0.3, 0.4) is 0 Å². The summed E-state index contributed by atoms with van der Waals surface area (Å²) in [5.74, 6) is 1.64. The first kappa shape index (κ1) is 26.9. The number of aromatic nitrogens is 1. The zero-order valence-corrected chi connectivity index (χ0v) is 23.2. The van der Waals surface area contributed by atoms with Gasteiger partial charge < -0.3 is 9.64 Å². The number of nitrogens with one attached hydrogen (secondary N) is 2. The van der Waals surface area contributed by atoms with Crippen molar-refractivity contribution < 1.29 is 14.3 Å². The summed E-state index contributed by atoms with van der Waals surface area (Å²) in [5, 5.41) is 7.33. The molecule has 0 unspecified atom stereocenters. The van der Waals surface area contributed by atoms with Gasteiger partial charge in [0.1, 0.15) is 5.75 Å². The van der Waals surface area contributed by atoms with Gasteiger partial charge in [0.15, 0.2) is 5.13 Å². The van der Waals surface area contributed by atoms with Gasteiger partial charge in [0.2, 0.25) is 5.91 Å². The predicted octanol–water partition coefficient (Wildman–Crippen LogP) is 4.53. The molecule has 3 aliphatic rings. The number of likely N-dealkylation sites (tertiary alicyclic amines) is 1. The Morgan fingerprint density at radius 2 is 1.79 bits per heavy atom. The molecule has 1 aliphatic carbocycles. The van der Waals surface area contributed by atoms with Crippen LogP contribution in [0.1, 0.15) is 63.4 Å². The zero-order chi connectivity index (χ0) is 26.3. The van der Waals surface area contributed by atoms with Crippen LogP contribution in [-0.2, 0) is 4.79 Å². The molecule has 1 aromatic heterocycles. The van der Waals surface area contributed by atoms with E-state index in [9.17, 15) is 9.59 Å². The van der Waals surface area contributed by atoms with Gasteiger partial charge in [-0.3, -0.25) is 20.4 Å². The lowest BCUT2D eigenvalue weighted by molar-refractivity contribution is -0.131. The molecule has 0 radical (unpaired) electrons. The average Bonchev–Trinajstić information content (AvgIpc) is 3.64. The summed E-state index contributed by atoms with van der Waals surface area (Å²) in [5.41, 5.74) is 6.09. The number of piperazine rings is 1. The monoisotopic (exact) mass is 540 g/mol. The lowest BCUT2D eigenvalue weighted by Crippen LogP contribution is -2.55. The van der Waals surface area contributed by atoms with Crippen molar-refractivity contribution in [3.05, 3.63) is 29.1 Å². The highest BCUT2D eigenvalue weighted by Crippen LogP contribution is 2.38. The third kappa shape index (κ3) is 6.84. The largest absolute Gasteiger partial charge is 0.493 e. The van der Waals surface area contributed by atoms with Crippen LogP contribution < -0.4 is 15.5 Å². The Bertz CT molecular complexity index is 1090. The minimum Gasteiger partial charge on any atom is -0.493 e. The summed E-state index contributed by atoms with van der Waals surface area (Å²) in [6.07, 6.45) is 8.61. The van der Waals surface area contributed by atoms with E-state index in [0.717, 1.165) is 56.0 Å². The van der Waals surface area contributed by atoms with Crippen LogP contribution in [0.4, 0.5) is 9.93 Å². The van der Waals surface area contributed by atoms with Crippen molar-refractivity contribution in [3.8, 4) is 17.0 Å². The number of nitrogens with zero attached hydrogens (tertiary/aromatic N) is 4. The first-order chi connectivity index (χ1) is 18.6. The van der Waals surface area contributed by atoms with Crippen LogP contribution in [-0.4, -0.2) is 84.2 Å². The molecule has 3 fully saturated rings. The van der Waals surface area contributed by atoms with E-state index in [0.29, 0.717) is 37.3 Å². The Morgan fingerprint density at radius 1 is 1.03 bits per heavy atom. The second kappa shape index (κ2) is 12.9. The van der Waals surface area contributed by atoms with E-state index >= 15 is 0 Å². The second-order valence-electron chi connectivity index (χ2n) is 10.5. The maximum atomic E-state index is 12.7. The molecule has 9 nitrogen and oxygen atoms in total. The topological polar surface area (TPSA) is 90.0 Å². The standard InChI is InChI=1S/C28H40N6O3S/c1-2-37-25-11-10-22(21-8-4-3-5-9-21)18-23(25)24-20-38-28(29-24)30-27(36)31-34-16-14-32(15-17-34)19-26(35)33-12-6-7-13-33/h10-11,18,20-21H,2-9,12-17,19H2,1H3,(H2,29,30,31,36). The number of amides is 3. The molecule has 10 heteroatoms. The summed E-state index contributed by atoms with van der Waals surface area (Å²) in [6, 6.07) is 6.20. The number of benzene rings is 1. The quantitative estimate of drug-likeness (QED) is 0.511.